The number of carbonyl (C=O) groups is 1. The van der Waals surface area contributed by atoms with Gasteiger partial charge < -0.3 is 9.32 Å². The summed E-state index contributed by atoms with van der Waals surface area (Å²) in [5, 5.41) is 7.14. The Bertz CT molecular complexity index is 720. The number of nitrogens with one attached hydrogen (secondary N) is 1. The fraction of sp³-hybridized carbons (Fsp3) is 0.562. The number of aromatic nitrogens is 3. The molecule has 0 aromatic carbocycles. The van der Waals surface area contributed by atoms with Gasteiger partial charge in [-0.2, -0.15) is 5.10 Å². The molecule has 0 aliphatic carbocycles. The Hall–Kier alpha value is -1.82. The monoisotopic (exact) mass is 336 g/mol. The minimum absolute atomic E-state index is 0.170. The van der Waals surface area contributed by atoms with Crippen molar-refractivity contribution in [2.45, 2.75) is 46.6 Å². The third-order valence-electron chi connectivity index (χ3n) is 4.07. The van der Waals surface area contributed by atoms with Gasteiger partial charge in [0.1, 0.15) is 11.5 Å². The quantitative estimate of drug-likeness (QED) is 0.930. The average molecular weight is 337 g/mol. The van der Waals surface area contributed by atoms with Gasteiger partial charge in [-0.25, -0.2) is 4.98 Å². The number of oxazole rings is 1. The fourth-order valence-corrected chi connectivity index (χ4v) is 2.82. The van der Waals surface area contributed by atoms with Gasteiger partial charge in [-0.3, -0.25) is 9.89 Å². The average Bonchev–Trinajstić information content (AvgIpc) is 3.08. The first-order valence-electron chi connectivity index (χ1n) is 7.93. The summed E-state index contributed by atoms with van der Waals surface area (Å²) in [6, 6.07) is 0. The third kappa shape index (κ3) is 3.27. The lowest BCUT2D eigenvalue weighted by molar-refractivity contribution is 0.0722. The minimum atomic E-state index is -0.170. The van der Waals surface area contributed by atoms with E-state index in [0.29, 0.717) is 36.1 Å². The van der Waals surface area contributed by atoms with E-state index >= 15 is 0 Å². The van der Waals surface area contributed by atoms with Crippen molar-refractivity contribution >= 4 is 17.5 Å². The number of aryl methyl sites for hydroxylation is 2. The van der Waals surface area contributed by atoms with Crippen LogP contribution in [0.4, 0.5) is 0 Å². The predicted octanol–water partition coefficient (Wildman–Crippen LogP) is 3.15. The Kier molecular flexibility index (Phi) is 4.43. The molecule has 1 N–H and O–H groups in total. The standard InChI is InChI=1S/C16H21ClN4O2/c1-9(2)4-5-13-18-11-8-21(7-6-12(11)23-13)16(22)15-14(17)10(3)19-20-15/h9H,4-8H2,1-3H3,(H,19,20). The molecule has 0 fully saturated rings. The van der Waals surface area contributed by atoms with Gasteiger partial charge in [0.2, 0.25) is 0 Å². The van der Waals surface area contributed by atoms with Crippen LogP contribution in [0.3, 0.4) is 0 Å². The van der Waals surface area contributed by atoms with Crippen LogP contribution in [-0.4, -0.2) is 32.5 Å². The zero-order valence-electron chi connectivity index (χ0n) is 13.6. The van der Waals surface area contributed by atoms with E-state index in [1.807, 2.05) is 0 Å². The van der Waals surface area contributed by atoms with E-state index in [0.717, 1.165) is 30.2 Å². The molecule has 7 heteroatoms. The molecular formula is C16H21ClN4O2. The maximum Gasteiger partial charge on any atom is 0.276 e. The first kappa shape index (κ1) is 16.1. The molecule has 0 spiro atoms. The molecule has 2 aromatic rings. The van der Waals surface area contributed by atoms with Gasteiger partial charge >= 0.3 is 0 Å². The maximum atomic E-state index is 12.6. The minimum Gasteiger partial charge on any atom is -0.445 e. The van der Waals surface area contributed by atoms with Gasteiger partial charge in [-0.1, -0.05) is 25.4 Å². The number of hydrogen-bond donors (Lipinski definition) is 1. The molecule has 0 radical (unpaired) electrons. The summed E-state index contributed by atoms with van der Waals surface area (Å²) in [4.78, 5) is 18.8. The Morgan fingerprint density at radius 1 is 1.48 bits per heavy atom. The van der Waals surface area contributed by atoms with E-state index in [2.05, 4.69) is 29.0 Å². The molecule has 124 valence electrons. The lowest BCUT2D eigenvalue weighted by Gasteiger charge is -2.24. The number of halogens is 1. The van der Waals surface area contributed by atoms with Crippen LogP contribution in [0.25, 0.3) is 0 Å². The highest BCUT2D eigenvalue weighted by molar-refractivity contribution is 6.34. The van der Waals surface area contributed by atoms with Crippen molar-refractivity contribution in [3.63, 3.8) is 0 Å². The summed E-state index contributed by atoms with van der Waals surface area (Å²) in [7, 11) is 0. The molecule has 1 aliphatic rings. The number of amides is 1. The highest BCUT2D eigenvalue weighted by Gasteiger charge is 2.28. The van der Waals surface area contributed by atoms with Crippen LogP contribution in [0.1, 0.15) is 53.8 Å². The van der Waals surface area contributed by atoms with Crippen LogP contribution < -0.4 is 0 Å². The van der Waals surface area contributed by atoms with Gasteiger partial charge in [-0.15, -0.1) is 0 Å². The number of hydrogen-bond acceptors (Lipinski definition) is 4. The Labute approximate surface area is 140 Å². The molecule has 3 heterocycles. The van der Waals surface area contributed by atoms with Crippen molar-refractivity contribution in [2.24, 2.45) is 5.92 Å². The van der Waals surface area contributed by atoms with Gasteiger partial charge in [0.15, 0.2) is 11.6 Å². The SMILES string of the molecule is Cc1[nH]nc(C(=O)N2CCc3oc(CCC(C)C)nc3C2)c1Cl. The predicted molar refractivity (Wildman–Crippen MR) is 86.4 cm³/mol. The number of carbonyl (C=O) groups excluding carboxylic acids is 1. The number of aromatic amines is 1. The van der Waals surface area contributed by atoms with E-state index in [9.17, 15) is 4.79 Å². The molecule has 0 saturated heterocycles. The van der Waals surface area contributed by atoms with Crippen molar-refractivity contribution in [1.82, 2.24) is 20.1 Å². The van der Waals surface area contributed by atoms with E-state index in [1.165, 1.54) is 0 Å². The summed E-state index contributed by atoms with van der Waals surface area (Å²) in [5.41, 5.74) is 1.83. The molecule has 1 aliphatic heterocycles. The van der Waals surface area contributed by atoms with Gasteiger partial charge in [-0.05, 0) is 19.3 Å². The highest BCUT2D eigenvalue weighted by atomic mass is 35.5. The van der Waals surface area contributed by atoms with E-state index < -0.39 is 0 Å². The fourth-order valence-electron chi connectivity index (χ4n) is 2.65. The largest absolute Gasteiger partial charge is 0.445 e. The summed E-state index contributed by atoms with van der Waals surface area (Å²) < 4.78 is 5.82. The molecule has 0 atom stereocenters. The maximum absolute atomic E-state index is 12.6. The van der Waals surface area contributed by atoms with Gasteiger partial charge in [0, 0.05) is 19.4 Å². The normalized spacial score (nSPS) is 14.4. The van der Waals surface area contributed by atoms with Crippen LogP contribution in [-0.2, 0) is 19.4 Å². The van der Waals surface area contributed by atoms with Gasteiger partial charge in [0.25, 0.3) is 5.91 Å². The second kappa shape index (κ2) is 6.35. The molecule has 0 unspecified atom stereocenters. The summed E-state index contributed by atoms with van der Waals surface area (Å²) in [6.45, 7) is 7.19. The zero-order valence-corrected chi connectivity index (χ0v) is 14.4. The summed E-state index contributed by atoms with van der Waals surface area (Å²) in [5.74, 6) is 2.11. The van der Waals surface area contributed by atoms with Crippen molar-refractivity contribution in [3.8, 4) is 0 Å². The third-order valence-corrected chi connectivity index (χ3v) is 4.53. The molecule has 3 rings (SSSR count). The Morgan fingerprint density at radius 2 is 2.26 bits per heavy atom. The van der Waals surface area contributed by atoms with Crippen LogP contribution in [0, 0.1) is 12.8 Å². The van der Waals surface area contributed by atoms with Crippen molar-refractivity contribution in [2.75, 3.05) is 6.54 Å². The molecule has 1 amide bonds. The summed E-state index contributed by atoms with van der Waals surface area (Å²) >= 11 is 6.12. The molecule has 6 nitrogen and oxygen atoms in total. The lowest BCUT2D eigenvalue weighted by atomic mass is 10.1. The van der Waals surface area contributed by atoms with E-state index in [4.69, 9.17) is 16.0 Å². The second-order valence-electron chi connectivity index (χ2n) is 6.40. The lowest BCUT2D eigenvalue weighted by Crippen LogP contribution is -2.36. The smallest absolute Gasteiger partial charge is 0.276 e. The molecule has 0 saturated carbocycles. The van der Waals surface area contributed by atoms with Crippen molar-refractivity contribution in [3.05, 3.63) is 33.8 Å². The first-order valence-corrected chi connectivity index (χ1v) is 8.30. The number of H-pyrrole nitrogens is 1. The van der Waals surface area contributed by atoms with Crippen LogP contribution in [0.15, 0.2) is 4.42 Å². The molecule has 0 bridgehead atoms. The summed E-state index contributed by atoms with van der Waals surface area (Å²) in [6.07, 6.45) is 2.56. The van der Waals surface area contributed by atoms with Crippen LogP contribution in [0.2, 0.25) is 5.02 Å². The Balaban J connectivity index is 1.72. The number of fused-ring (bicyclic) bond motifs is 1. The van der Waals surface area contributed by atoms with Crippen molar-refractivity contribution < 1.29 is 9.21 Å². The highest BCUT2D eigenvalue weighted by Crippen LogP contribution is 2.24. The Morgan fingerprint density at radius 3 is 2.91 bits per heavy atom. The molecular weight excluding hydrogens is 316 g/mol. The van der Waals surface area contributed by atoms with Crippen LogP contribution >= 0.6 is 11.6 Å². The van der Waals surface area contributed by atoms with Crippen LogP contribution in [0.5, 0.6) is 0 Å². The second-order valence-corrected chi connectivity index (χ2v) is 6.78. The topological polar surface area (TPSA) is 75.0 Å². The number of nitrogens with zero attached hydrogens (tertiary/aromatic N) is 3. The van der Waals surface area contributed by atoms with E-state index in [-0.39, 0.29) is 11.6 Å². The first-order chi connectivity index (χ1) is 11.0. The van der Waals surface area contributed by atoms with E-state index in [1.54, 1.807) is 11.8 Å². The molecule has 23 heavy (non-hydrogen) atoms. The number of rotatable bonds is 4. The van der Waals surface area contributed by atoms with Gasteiger partial charge in [0.05, 0.1) is 17.3 Å². The molecule has 2 aromatic heterocycles. The van der Waals surface area contributed by atoms with Crippen molar-refractivity contribution in [1.29, 1.82) is 0 Å². The zero-order chi connectivity index (χ0) is 16.6.